The van der Waals surface area contributed by atoms with Crippen molar-refractivity contribution >= 4 is 17.3 Å². The summed E-state index contributed by atoms with van der Waals surface area (Å²) in [5.41, 5.74) is 6.08. The smallest absolute Gasteiger partial charge is 0.225 e. The molecule has 3 rings (SSSR count). The molecule has 0 saturated heterocycles. The number of carbonyl (C=O) groups is 1. The largest absolute Gasteiger partial charge is 0.372 e. The molecule has 1 N–H and O–H groups in total. The number of nitrogens with zero attached hydrogens (tertiary/aromatic N) is 2. The van der Waals surface area contributed by atoms with E-state index >= 15 is 0 Å². The van der Waals surface area contributed by atoms with Crippen molar-refractivity contribution in [3.8, 4) is 0 Å². The second kappa shape index (κ2) is 9.05. The molecule has 0 aromatic heterocycles. The fraction of sp³-hybridized carbons (Fsp3) is 0.435. The number of carbonyl (C=O) groups excluding carboxylic acids is 1. The van der Waals surface area contributed by atoms with Gasteiger partial charge in [-0.3, -0.25) is 9.69 Å². The van der Waals surface area contributed by atoms with Gasteiger partial charge in [0.1, 0.15) is 0 Å². The first-order valence-corrected chi connectivity index (χ1v) is 10.0. The monoisotopic (exact) mass is 365 g/mol. The van der Waals surface area contributed by atoms with Gasteiger partial charge in [-0.1, -0.05) is 24.3 Å². The highest BCUT2D eigenvalue weighted by molar-refractivity contribution is 5.91. The van der Waals surface area contributed by atoms with E-state index in [-0.39, 0.29) is 5.91 Å². The third-order valence-electron chi connectivity index (χ3n) is 5.48. The summed E-state index contributed by atoms with van der Waals surface area (Å²) in [4.78, 5) is 17.1. The Labute approximate surface area is 163 Å². The molecule has 0 spiro atoms. The fourth-order valence-corrected chi connectivity index (χ4v) is 3.79. The molecule has 0 unspecified atom stereocenters. The normalized spacial score (nSPS) is 13.9. The maximum absolute atomic E-state index is 12.4. The summed E-state index contributed by atoms with van der Waals surface area (Å²) in [6.45, 7) is 11.1. The first kappa shape index (κ1) is 19.4. The van der Waals surface area contributed by atoms with Crippen molar-refractivity contribution in [3.05, 3.63) is 59.2 Å². The zero-order valence-electron chi connectivity index (χ0n) is 16.8. The minimum atomic E-state index is 0.0903. The van der Waals surface area contributed by atoms with Gasteiger partial charge in [-0.05, 0) is 62.1 Å². The van der Waals surface area contributed by atoms with Gasteiger partial charge in [0.05, 0.1) is 0 Å². The van der Waals surface area contributed by atoms with Crippen molar-refractivity contribution in [1.29, 1.82) is 0 Å². The highest BCUT2D eigenvalue weighted by Gasteiger charge is 2.16. The van der Waals surface area contributed by atoms with Gasteiger partial charge in [0.15, 0.2) is 0 Å². The summed E-state index contributed by atoms with van der Waals surface area (Å²) in [7, 11) is 0. The van der Waals surface area contributed by atoms with E-state index in [1.165, 1.54) is 16.8 Å². The van der Waals surface area contributed by atoms with Crippen LogP contribution in [0.4, 0.5) is 11.4 Å². The molecule has 0 saturated carbocycles. The zero-order chi connectivity index (χ0) is 19.2. The van der Waals surface area contributed by atoms with Crippen LogP contribution in [0.5, 0.6) is 0 Å². The van der Waals surface area contributed by atoms with E-state index in [1.807, 2.05) is 6.07 Å². The average molecular weight is 366 g/mol. The summed E-state index contributed by atoms with van der Waals surface area (Å²) in [5.74, 6) is 0.0903. The van der Waals surface area contributed by atoms with Crippen LogP contribution in [0.3, 0.4) is 0 Å². The highest BCUT2D eigenvalue weighted by Crippen LogP contribution is 2.23. The van der Waals surface area contributed by atoms with Crippen LogP contribution in [0.15, 0.2) is 42.5 Å². The number of fused-ring (bicyclic) bond motifs is 1. The number of amides is 1. The molecule has 0 atom stereocenters. The van der Waals surface area contributed by atoms with Crippen LogP contribution in [0, 0.1) is 6.92 Å². The lowest BCUT2D eigenvalue weighted by Crippen LogP contribution is -2.33. The van der Waals surface area contributed by atoms with E-state index in [4.69, 9.17) is 0 Å². The Morgan fingerprint density at radius 2 is 1.85 bits per heavy atom. The molecule has 1 heterocycles. The topological polar surface area (TPSA) is 35.6 Å². The van der Waals surface area contributed by atoms with Crippen molar-refractivity contribution in [1.82, 2.24) is 4.90 Å². The minimum absolute atomic E-state index is 0.0903. The number of benzene rings is 2. The SMILES string of the molecule is CCN(CC)c1ccc(NC(=O)CCN2CCc3ccccc3C2)c(C)c1. The van der Waals surface area contributed by atoms with Gasteiger partial charge in [-0.15, -0.1) is 0 Å². The molecule has 0 radical (unpaired) electrons. The van der Waals surface area contributed by atoms with Gasteiger partial charge in [-0.2, -0.15) is 0 Å². The van der Waals surface area contributed by atoms with Gasteiger partial charge in [0.2, 0.25) is 5.91 Å². The Kier molecular flexibility index (Phi) is 6.51. The molecule has 4 nitrogen and oxygen atoms in total. The zero-order valence-corrected chi connectivity index (χ0v) is 16.8. The molecule has 1 amide bonds. The number of aryl methyl sites for hydroxylation is 1. The summed E-state index contributed by atoms with van der Waals surface area (Å²) < 4.78 is 0. The van der Waals surface area contributed by atoms with E-state index in [2.05, 4.69) is 72.3 Å². The standard InChI is InChI=1S/C23H31N3O/c1-4-26(5-2)21-10-11-22(18(3)16-21)24-23(27)13-15-25-14-12-19-8-6-7-9-20(19)17-25/h6-11,16H,4-5,12-15,17H2,1-3H3,(H,24,27). The number of anilines is 2. The number of rotatable bonds is 7. The van der Waals surface area contributed by atoms with Gasteiger partial charge in [0.25, 0.3) is 0 Å². The Hall–Kier alpha value is -2.33. The van der Waals surface area contributed by atoms with Crippen molar-refractivity contribution < 1.29 is 4.79 Å². The maximum atomic E-state index is 12.4. The van der Waals surface area contributed by atoms with Crippen molar-refractivity contribution in [2.24, 2.45) is 0 Å². The Balaban J connectivity index is 1.52. The van der Waals surface area contributed by atoms with Crippen LogP contribution in [0.25, 0.3) is 0 Å². The van der Waals surface area contributed by atoms with Crippen LogP contribution < -0.4 is 10.2 Å². The van der Waals surface area contributed by atoms with E-state index in [9.17, 15) is 4.79 Å². The minimum Gasteiger partial charge on any atom is -0.372 e. The van der Waals surface area contributed by atoms with E-state index in [1.54, 1.807) is 0 Å². The number of hydrogen-bond donors (Lipinski definition) is 1. The lowest BCUT2D eigenvalue weighted by atomic mass is 10.00. The third kappa shape index (κ3) is 4.89. The second-order valence-electron chi connectivity index (χ2n) is 7.26. The van der Waals surface area contributed by atoms with Crippen molar-refractivity contribution in [3.63, 3.8) is 0 Å². The molecule has 1 aliphatic rings. The van der Waals surface area contributed by atoms with E-state index in [0.29, 0.717) is 6.42 Å². The summed E-state index contributed by atoms with van der Waals surface area (Å²) >= 11 is 0. The van der Waals surface area contributed by atoms with E-state index < -0.39 is 0 Å². The molecular formula is C23H31N3O. The molecule has 0 bridgehead atoms. The first-order chi connectivity index (χ1) is 13.1. The molecule has 0 fully saturated rings. The molecule has 0 aliphatic carbocycles. The fourth-order valence-electron chi connectivity index (χ4n) is 3.79. The van der Waals surface area contributed by atoms with E-state index in [0.717, 1.165) is 50.4 Å². The lowest BCUT2D eigenvalue weighted by Gasteiger charge is -2.28. The Morgan fingerprint density at radius 1 is 1.11 bits per heavy atom. The van der Waals surface area contributed by atoms with Gasteiger partial charge in [0, 0.05) is 50.5 Å². The predicted molar refractivity (Wildman–Crippen MR) is 113 cm³/mol. The van der Waals surface area contributed by atoms with Crippen molar-refractivity contribution in [2.45, 2.75) is 40.2 Å². The average Bonchev–Trinajstić information content (AvgIpc) is 2.69. The maximum Gasteiger partial charge on any atom is 0.225 e. The highest BCUT2D eigenvalue weighted by atomic mass is 16.1. The Morgan fingerprint density at radius 3 is 2.56 bits per heavy atom. The quantitative estimate of drug-likeness (QED) is 0.798. The van der Waals surface area contributed by atoms with Gasteiger partial charge in [-0.25, -0.2) is 0 Å². The summed E-state index contributed by atoms with van der Waals surface area (Å²) in [6, 6.07) is 14.9. The van der Waals surface area contributed by atoms with Crippen LogP contribution in [0.2, 0.25) is 0 Å². The number of nitrogens with one attached hydrogen (secondary N) is 1. The summed E-state index contributed by atoms with van der Waals surface area (Å²) in [6.07, 6.45) is 1.60. The molecule has 2 aromatic carbocycles. The molecule has 27 heavy (non-hydrogen) atoms. The van der Waals surface area contributed by atoms with Gasteiger partial charge < -0.3 is 10.2 Å². The summed E-state index contributed by atoms with van der Waals surface area (Å²) in [5, 5.41) is 3.09. The molecular weight excluding hydrogens is 334 g/mol. The molecule has 2 aromatic rings. The Bertz CT molecular complexity index is 783. The van der Waals surface area contributed by atoms with Crippen molar-refractivity contribution in [2.75, 3.05) is 36.4 Å². The van der Waals surface area contributed by atoms with Crippen LogP contribution >= 0.6 is 0 Å². The molecule has 4 heteroatoms. The van der Waals surface area contributed by atoms with Gasteiger partial charge >= 0.3 is 0 Å². The third-order valence-corrected chi connectivity index (χ3v) is 5.48. The van der Waals surface area contributed by atoms with Crippen LogP contribution in [-0.2, 0) is 17.8 Å². The van der Waals surface area contributed by atoms with Crippen LogP contribution in [0.1, 0.15) is 37.0 Å². The number of hydrogen-bond acceptors (Lipinski definition) is 3. The first-order valence-electron chi connectivity index (χ1n) is 10.0. The predicted octanol–water partition coefficient (Wildman–Crippen LogP) is 4.23. The molecule has 1 aliphatic heterocycles. The molecule has 144 valence electrons. The second-order valence-corrected chi connectivity index (χ2v) is 7.26. The van der Waals surface area contributed by atoms with Crippen LogP contribution in [-0.4, -0.2) is 37.0 Å². The lowest BCUT2D eigenvalue weighted by molar-refractivity contribution is -0.116.